The second kappa shape index (κ2) is 21.8. The average Bonchev–Trinajstić information content (AvgIpc) is 3.31. The van der Waals surface area contributed by atoms with E-state index in [4.69, 9.17) is 0 Å². The van der Waals surface area contributed by atoms with Crippen LogP contribution in [0.5, 0.6) is 23.0 Å². The zero-order valence-electron chi connectivity index (χ0n) is 44.2. The molecule has 0 aromatic heterocycles. The van der Waals surface area contributed by atoms with Crippen LogP contribution in [-0.4, -0.2) is 20.4 Å². The molecule has 0 bridgehead atoms. The van der Waals surface area contributed by atoms with Crippen molar-refractivity contribution >= 4 is 23.5 Å². The fourth-order valence-electron chi connectivity index (χ4n) is 10.3. The highest BCUT2D eigenvalue weighted by Crippen LogP contribution is 2.50. The summed E-state index contributed by atoms with van der Waals surface area (Å²) in [5.74, 6) is 1.18. The number of hydrogen-bond acceptors (Lipinski definition) is 6. The maximum Gasteiger partial charge on any atom is 0.124 e. The number of hydrogen-bond donors (Lipinski definition) is 4. The Labute approximate surface area is 438 Å². The number of rotatable bonds is 12. The molecule has 8 rings (SSSR count). The van der Waals surface area contributed by atoms with Crippen LogP contribution >= 0.6 is 23.5 Å². The summed E-state index contributed by atoms with van der Waals surface area (Å²) in [6.07, 6.45) is 2.01. The summed E-state index contributed by atoms with van der Waals surface area (Å²) in [4.78, 5) is 4.38. The van der Waals surface area contributed by atoms with Crippen molar-refractivity contribution in [1.82, 2.24) is 0 Å². The van der Waals surface area contributed by atoms with Crippen molar-refractivity contribution in [2.45, 2.75) is 126 Å². The first-order valence-corrected chi connectivity index (χ1v) is 26.5. The highest BCUT2D eigenvalue weighted by molar-refractivity contribution is 7.99. The smallest absolute Gasteiger partial charge is 0.124 e. The molecule has 0 spiro atoms. The van der Waals surface area contributed by atoms with Gasteiger partial charge in [0.15, 0.2) is 0 Å². The Morgan fingerprint density at radius 1 is 0.319 bits per heavy atom. The van der Waals surface area contributed by atoms with Crippen molar-refractivity contribution in [3.8, 4) is 67.5 Å². The zero-order chi connectivity index (χ0) is 52.2. The van der Waals surface area contributed by atoms with E-state index < -0.39 is 0 Å². The molecule has 0 radical (unpaired) electrons. The van der Waals surface area contributed by atoms with Gasteiger partial charge in [-0.05, 0) is 153 Å². The molecule has 0 saturated heterocycles. The van der Waals surface area contributed by atoms with E-state index in [1.165, 1.54) is 20.9 Å². The standard InChI is InChI=1S/C36H26O2S.C30H46O2S/c37-33-21-31(27-17-9-3-10-18-27)35(23-29(33)25-13-5-1-6-14-25)39-36-24-30(26-15-7-2-8-16-26)34(38)22-32(36)28-19-11-4-12-20-28;1-19-13-25(21(15-23(19)31)29(9,10)17-27(3,4)5)33-26-14-20(2)24(32)16-22(26)30(11,12)18-28(6,7)8/h1-24,37-38H;13-16,31-32H,17-18H2,1-12H3. The number of phenolic OH excluding ortho intramolecular Hbond substituents is 4. The molecule has 0 aliphatic rings. The van der Waals surface area contributed by atoms with Crippen molar-refractivity contribution in [3.05, 3.63) is 192 Å². The third-order valence-electron chi connectivity index (χ3n) is 13.0. The van der Waals surface area contributed by atoms with Gasteiger partial charge in [0, 0.05) is 30.7 Å². The van der Waals surface area contributed by atoms with Crippen LogP contribution in [0, 0.1) is 24.7 Å². The lowest BCUT2D eigenvalue weighted by Gasteiger charge is -2.36. The van der Waals surface area contributed by atoms with Gasteiger partial charge in [0.1, 0.15) is 23.0 Å². The first kappa shape index (κ1) is 53.5. The van der Waals surface area contributed by atoms with Crippen molar-refractivity contribution in [3.63, 3.8) is 0 Å². The molecule has 0 atom stereocenters. The lowest BCUT2D eigenvalue weighted by atomic mass is 9.72. The van der Waals surface area contributed by atoms with Gasteiger partial charge in [-0.1, -0.05) is 214 Å². The number of aryl methyl sites for hydroxylation is 2. The molecular formula is C66H72O4S2. The van der Waals surface area contributed by atoms with Crippen molar-refractivity contribution < 1.29 is 20.4 Å². The molecule has 0 fully saturated rings. The van der Waals surface area contributed by atoms with Gasteiger partial charge in [-0.15, -0.1) is 0 Å². The van der Waals surface area contributed by atoms with Crippen LogP contribution in [0.3, 0.4) is 0 Å². The summed E-state index contributed by atoms with van der Waals surface area (Å²) in [6, 6.07) is 56.2. The second-order valence-electron chi connectivity index (χ2n) is 22.9. The van der Waals surface area contributed by atoms with Gasteiger partial charge in [0.2, 0.25) is 0 Å². The van der Waals surface area contributed by atoms with Gasteiger partial charge in [-0.3, -0.25) is 0 Å². The molecule has 0 aliphatic heterocycles. The largest absolute Gasteiger partial charge is 0.508 e. The van der Waals surface area contributed by atoms with Crippen LogP contribution in [0.25, 0.3) is 44.5 Å². The summed E-state index contributed by atoms with van der Waals surface area (Å²) in [6.45, 7) is 26.7. The van der Waals surface area contributed by atoms with Gasteiger partial charge in [-0.2, -0.15) is 0 Å². The fourth-order valence-corrected chi connectivity index (χ4v) is 13.1. The van der Waals surface area contributed by atoms with E-state index in [0.29, 0.717) is 11.5 Å². The summed E-state index contributed by atoms with van der Waals surface area (Å²) < 4.78 is 0. The number of phenols is 4. The maximum absolute atomic E-state index is 11.1. The topological polar surface area (TPSA) is 80.9 Å². The minimum Gasteiger partial charge on any atom is -0.508 e. The van der Waals surface area contributed by atoms with E-state index in [-0.39, 0.29) is 33.2 Å². The Morgan fingerprint density at radius 3 is 0.889 bits per heavy atom. The van der Waals surface area contributed by atoms with Crippen LogP contribution < -0.4 is 0 Å². The molecule has 6 heteroatoms. The highest BCUT2D eigenvalue weighted by Gasteiger charge is 2.33. The molecule has 0 aliphatic carbocycles. The van der Waals surface area contributed by atoms with Crippen LogP contribution in [0.1, 0.15) is 104 Å². The van der Waals surface area contributed by atoms with E-state index in [9.17, 15) is 20.4 Å². The van der Waals surface area contributed by atoms with Crippen LogP contribution in [0.4, 0.5) is 0 Å². The Morgan fingerprint density at radius 2 is 0.597 bits per heavy atom. The number of aromatic hydroxyl groups is 4. The molecular weight excluding hydrogens is 921 g/mol. The fraction of sp³-hybridized carbons (Fsp3) is 0.273. The lowest BCUT2D eigenvalue weighted by Crippen LogP contribution is -2.26. The summed E-state index contributed by atoms with van der Waals surface area (Å²) in [5, 5.41) is 43.4. The Hall–Kier alpha value is -6.34. The third kappa shape index (κ3) is 13.2. The Kier molecular flexibility index (Phi) is 16.2. The molecule has 0 unspecified atom stereocenters. The molecule has 4 nitrogen and oxygen atoms in total. The first-order chi connectivity index (χ1) is 33.9. The van der Waals surface area contributed by atoms with Crippen molar-refractivity contribution in [2.24, 2.45) is 10.8 Å². The molecule has 0 saturated carbocycles. The molecule has 8 aromatic carbocycles. The van der Waals surface area contributed by atoms with Crippen LogP contribution in [0.2, 0.25) is 0 Å². The van der Waals surface area contributed by atoms with E-state index in [1.54, 1.807) is 23.5 Å². The quantitative estimate of drug-likeness (QED) is 0.0977. The lowest BCUT2D eigenvalue weighted by molar-refractivity contribution is 0.280. The van der Waals surface area contributed by atoms with Gasteiger partial charge in [0.25, 0.3) is 0 Å². The summed E-state index contributed by atoms with van der Waals surface area (Å²) in [5.41, 5.74) is 11.7. The monoisotopic (exact) mass is 992 g/mol. The SMILES string of the molecule is Cc1cc(Sc2cc(C)c(O)cc2C(C)(C)CC(C)(C)C)c(C(C)(C)CC(C)(C)C)cc1O.Oc1cc(-c2ccccc2)c(Sc2cc(-c3ccccc3)c(O)cc2-c2ccccc2)cc1-c1ccccc1. The van der Waals surface area contributed by atoms with Crippen molar-refractivity contribution in [2.75, 3.05) is 0 Å². The van der Waals surface area contributed by atoms with Crippen molar-refractivity contribution in [1.29, 1.82) is 0 Å². The van der Waals surface area contributed by atoms with E-state index in [0.717, 1.165) is 78.3 Å². The predicted octanol–water partition coefficient (Wildman–Crippen LogP) is 19.2. The third-order valence-corrected chi connectivity index (χ3v) is 15.2. The zero-order valence-corrected chi connectivity index (χ0v) is 45.8. The second-order valence-corrected chi connectivity index (χ2v) is 25.1. The van der Waals surface area contributed by atoms with E-state index >= 15 is 0 Å². The van der Waals surface area contributed by atoms with Gasteiger partial charge >= 0.3 is 0 Å². The molecule has 0 heterocycles. The normalized spacial score (nSPS) is 12.1. The maximum atomic E-state index is 11.1. The molecule has 8 aromatic rings. The average molecular weight is 993 g/mol. The molecule has 72 heavy (non-hydrogen) atoms. The Balaban J connectivity index is 0.000000215. The summed E-state index contributed by atoms with van der Waals surface area (Å²) >= 11 is 3.41. The van der Waals surface area contributed by atoms with E-state index in [1.807, 2.05) is 135 Å². The molecule has 4 N–H and O–H groups in total. The van der Waals surface area contributed by atoms with Crippen LogP contribution in [0.15, 0.2) is 189 Å². The minimum atomic E-state index is -0.0984. The van der Waals surface area contributed by atoms with Gasteiger partial charge in [0.05, 0.1) is 0 Å². The molecule has 372 valence electrons. The van der Waals surface area contributed by atoms with Gasteiger partial charge in [-0.25, -0.2) is 0 Å². The predicted molar refractivity (Wildman–Crippen MR) is 306 cm³/mol. The number of benzene rings is 8. The Bertz CT molecular complexity index is 2920. The minimum absolute atomic E-state index is 0.0984. The summed E-state index contributed by atoms with van der Waals surface area (Å²) in [7, 11) is 0. The van der Waals surface area contributed by atoms with Crippen LogP contribution in [-0.2, 0) is 10.8 Å². The van der Waals surface area contributed by atoms with E-state index in [2.05, 4.69) is 118 Å². The highest BCUT2D eigenvalue weighted by atomic mass is 32.2. The van der Waals surface area contributed by atoms with Gasteiger partial charge < -0.3 is 20.4 Å². The molecule has 0 amide bonds. The first-order valence-electron chi connectivity index (χ1n) is 24.9.